The number of carbonyl (C=O) groups is 4. The van der Waals surface area contributed by atoms with E-state index < -0.39 is 29.9 Å². The molecule has 9 heteroatoms. The van der Waals surface area contributed by atoms with Crippen LogP contribution in [0.1, 0.15) is 34.1 Å². The van der Waals surface area contributed by atoms with Crippen molar-refractivity contribution in [1.29, 1.82) is 0 Å². The smallest absolute Gasteiger partial charge is 0.338 e. The number of ether oxygens (including phenoxy) is 1. The minimum atomic E-state index is -0.920. The van der Waals surface area contributed by atoms with E-state index in [1.54, 1.807) is 66.8 Å². The molecule has 0 bridgehead atoms. The molecule has 0 aliphatic carbocycles. The summed E-state index contributed by atoms with van der Waals surface area (Å²) in [5, 5.41) is 4.75. The van der Waals surface area contributed by atoms with Gasteiger partial charge >= 0.3 is 12.0 Å². The molecular formula is C27H27N3O5S. The van der Waals surface area contributed by atoms with Gasteiger partial charge in [0.05, 0.1) is 24.3 Å². The Morgan fingerprint density at radius 2 is 1.75 bits per heavy atom. The van der Waals surface area contributed by atoms with E-state index in [1.807, 2.05) is 24.4 Å². The van der Waals surface area contributed by atoms with Crippen LogP contribution in [0.25, 0.3) is 0 Å². The van der Waals surface area contributed by atoms with Crippen molar-refractivity contribution in [2.45, 2.75) is 32.7 Å². The summed E-state index contributed by atoms with van der Waals surface area (Å²) in [5.41, 5.74) is 2.46. The Morgan fingerprint density at radius 1 is 1.03 bits per heavy atom. The summed E-state index contributed by atoms with van der Waals surface area (Å²) in [4.78, 5) is 55.2. The molecule has 0 saturated carbocycles. The Labute approximate surface area is 213 Å². The van der Waals surface area contributed by atoms with Gasteiger partial charge in [0.1, 0.15) is 6.04 Å². The predicted molar refractivity (Wildman–Crippen MR) is 138 cm³/mol. The number of anilines is 2. The van der Waals surface area contributed by atoms with E-state index in [4.69, 9.17) is 4.74 Å². The molecule has 3 aromatic rings. The normalized spacial score (nSPS) is 15.3. The van der Waals surface area contributed by atoms with Gasteiger partial charge in [-0.25, -0.2) is 14.5 Å². The highest BCUT2D eigenvalue weighted by molar-refractivity contribution is 7.10. The van der Waals surface area contributed by atoms with Crippen molar-refractivity contribution in [2.75, 3.05) is 23.4 Å². The van der Waals surface area contributed by atoms with Crippen LogP contribution in [0, 0.1) is 6.92 Å². The van der Waals surface area contributed by atoms with E-state index in [1.165, 1.54) is 4.90 Å². The molecule has 36 heavy (non-hydrogen) atoms. The SMILES string of the molecule is CCOC(=O)c1ccc(NC(=O)CC2C(=O)N(c3ccccc3)C(=O)N2CCc2sccc2C)cc1. The molecule has 8 nitrogen and oxygen atoms in total. The fourth-order valence-electron chi connectivity index (χ4n) is 4.08. The van der Waals surface area contributed by atoms with Crippen LogP contribution in [0.2, 0.25) is 0 Å². The van der Waals surface area contributed by atoms with Crippen molar-refractivity contribution in [3.8, 4) is 0 Å². The largest absolute Gasteiger partial charge is 0.462 e. The molecule has 2 aromatic carbocycles. The van der Waals surface area contributed by atoms with E-state index in [0.717, 1.165) is 15.3 Å². The second-order valence-electron chi connectivity index (χ2n) is 8.33. The van der Waals surface area contributed by atoms with Gasteiger partial charge in [0, 0.05) is 17.1 Å². The Kier molecular flexibility index (Phi) is 7.80. The van der Waals surface area contributed by atoms with Crippen molar-refractivity contribution in [3.05, 3.63) is 82.0 Å². The maximum absolute atomic E-state index is 13.4. The number of para-hydroxylation sites is 1. The molecule has 2 heterocycles. The van der Waals surface area contributed by atoms with Crippen molar-refractivity contribution < 1.29 is 23.9 Å². The molecule has 1 N–H and O–H groups in total. The van der Waals surface area contributed by atoms with Crippen LogP contribution in [-0.2, 0) is 20.7 Å². The van der Waals surface area contributed by atoms with Crippen molar-refractivity contribution in [1.82, 2.24) is 4.90 Å². The van der Waals surface area contributed by atoms with Crippen molar-refractivity contribution in [2.24, 2.45) is 0 Å². The van der Waals surface area contributed by atoms with Crippen LogP contribution < -0.4 is 10.2 Å². The number of urea groups is 1. The molecule has 186 valence electrons. The highest BCUT2D eigenvalue weighted by atomic mass is 32.1. The number of rotatable bonds is 9. The number of nitrogens with zero attached hydrogens (tertiary/aromatic N) is 2. The molecule has 1 unspecified atom stereocenters. The quantitative estimate of drug-likeness (QED) is 0.338. The zero-order chi connectivity index (χ0) is 25.7. The van der Waals surface area contributed by atoms with Crippen molar-refractivity contribution >= 4 is 46.5 Å². The Hall–Kier alpha value is -3.98. The highest BCUT2D eigenvalue weighted by Crippen LogP contribution is 2.28. The first-order chi connectivity index (χ1) is 17.4. The number of thiophene rings is 1. The fourth-order valence-corrected chi connectivity index (χ4v) is 4.98. The maximum Gasteiger partial charge on any atom is 0.338 e. The first kappa shape index (κ1) is 25.1. The van der Waals surface area contributed by atoms with Crippen LogP contribution >= 0.6 is 11.3 Å². The first-order valence-electron chi connectivity index (χ1n) is 11.7. The zero-order valence-corrected chi connectivity index (χ0v) is 20.9. The standard InChI is InChI=1S/C27H27N3O5S/c1-3-35-26(33)19-9-11-20(12-10-19)28-24(31)17-22-25(32)30(21-7-5-4-6-8-21)27(34)29(22)15-13-23-18(2)14-16-36-23/h4-12,14,16,22H,3,13,15,17H2,1-2H3,(H,28,31). The Bertz CT molecular complexity index is 1260. The Balaban J connectivity index is 1.49. The van der Waals surface area contributed by atoms with E-state index in [0.29, 0.717) is 29.9 Å². The summed E-state index contributed by atoms with van der Waals surface area (Å²) >= 11 is 1.61. The molecule has 1 atom stereocenters. The highest BCUT2D eigenvalue weighted by Gasteiger charge is 2.46. The topological polar surface area (TPSA) is 96.0 Å². The van der Waals surface area contributed by atoms with Crippen molar-refractivity contribution in [3.63, 3.8) is 0 Å². The second kappa shape index (κ2) is 11.2. The van der Waals surface area contributed by atoms with Crippen LogP contribution in [0.15, 0.2) is 66.0 Å². The van der Waals surface area contributed by atoms with Crippen LogP contribution in [0.3, 0.4) is 0 Å². The first-order valence-corrected chi connectivity index (χ1v) is 12.6. The number of carbonyl (C=O) groups excluding carboxylic acids is 4. The van der Waals surface area contributed by atoms with Gasteiger partial charge in [-0.2, -0.15) is 0 Å². The molecule has 4 amide bonds. The third kappa shape index (κ3) is 5.46. The van der Waals surface area contributed by atoms with Crippen LogP contribution in [0.4, 0.5) is 16.2 Å². The molecule has 1 fully saturated rings. The van der Waals surface area contributed by atoms with Crippen LogP contribution in [-0.4, -0.2) is 47.9 Å². The molecule has 1 aromatic heterocycles. The number of aryl methyl sites for hydroxylation is 1. The predicted octanol–water partition coefficient (Wildman–Crippen LogP) is 4.64. The fraction of sp³-hybridized carbons (Fsp3) is 0.259. The third-order valence-corrected chi connectivity index (χ3v) is 7.02. The average molecular weight is 506 g/mol. The maximum atomic E-state index is 13.4. The summed E-state index contributed by atoms with van der Waals surface area (Å²) in [6.45, 7) is 4.33. The summed E-state index contributed by atoms with van der Waals surface area (Å²) in [7, 11) is 0. The second-order valence-corrected chi connectivity index (χ2v) is 9.33. The lowest BCUT2D eigenvalue weighted by Gasteiger charge is -2.21. The monoisotopic (exact) mass is 505 g/mol. The summed E-state index contributed by atoms with van der Waals surface area (Å²) in [6.07, 6.45) is 0.412. The van der Waals surface area contributed by atoms with E-state index in [2.05, 4.69) is 5.32 Å². The van der Waals surface area contributed by atoms with Crippen LogP contribution in [0.5, 0.6) is 0 Å². The van der Waals surface area contributed by atoms with E-state index in [-0.39, 0.29) is 13.0 Å². The molecule has 1 aliphatic heterocycles. The minimum Gasteiger partial charge on any atom is -0.462 e. The molecule has 0 spiro atoms. The van der Waals surface area contributed by atoms with Gasteiger partial charge in [-0.1, -0.05) is 18.2 Å². The number of benzene rings is 2. The Morgan fingerprint density at radius 3 is 2.39 bits per heavy atom. The van der Waals surface area contributed by atoms with Gasteiger partial charge in [0.25, 0.3) is 5.91 Å². The lowest BCUT2D eigenvalue weighted by Crippen LogP contribution is -2.39. The third-order valence-electron chi connectivity index (χ3n) is 5.94. The summed E-state index contributed by atoms with van der Waals surface area (Å²) < 4.78 is 4.97. The number of hydrogen-bond acceptors (Lipinski definition) is 6. The molecular weight excluding hydrogens is 478 g/mol. The van der Waals surface area contributed by atoms with Gasteiger partial charge in [-0.15, -0.1) is 11.3 Å². The number of imide groups is 1. The van der Waals surface area contributed by atoms with Gasteiger partial charge in [-0.3, -0.25) is 9.59 Å². The number of nitrogens with one attached hydrogen (secondary N) is 1. The molecule has 1 aliphatic rings. The van der Waals surface area contributed by atoms with E-state index >= 15 is 0 Å². The number of amides is 4. The van der Waals surface area contributed by atoms with E-state index in [9.17, 15) is 19.2 Å². The van der Waals surface area contributed by atoms with Gasteiger partial charge in [0.15, 0.2) is 0 Å². The number of hydrogen-bond donors (Lipinski definition) is 1. The number of esters is 1. The average Bonchev–Trinajstić information content (AvgIpc) is 3.38. The molecule has 0 radical (unpaired) electrons. The minimum absolute atomic E-state index is 0.184. The molecule has 4 rings (SSSR count). The van der Waals surface area contributed by atoms with Gasteiger partial charge in [-0.05, 0) is 73.7 Å². The van der Waals surface area contributed by atoms with Gasteiger partial charge in [0.2, 0.25) is 5.91 Å². The lowest BCUT2D eigenvalue weighted by atomic mass is 10.1. The molecule has 1 saturated heterocycles. The summed E-state index contributed by atoms with van der Waals surface area (Å²) in [6, 6.07) is 15.7. The summed E-state index contributed by atoms with van der Waals surface area (Å²) in [5.74, 6) is -1.28. The van der Waals surface area contributed by atoms with Gasteiger partial charge < -0.3 is 15.0 Å². The lowest BCUT2D eigenvalue weighted by molar-refractivity contribution is -0.124. The zero-order valence-electron chi connectivity index (χ0n) is 20.1.